The predicted octanol–water partition coefficient (Wildman–Crippen LogP) is 0.115. The Morgan fingerprint density at radius 1 is 1.26 bits per heavy atom. The van der Waals surface area contributed by atoms with E-state index in [1.165, 1.54) is 4.90 Å². The van der Waals surface area contributed by atoms with Crippen LogP contribution >= 0.6 is 0 Å². The van der Waals surface area contributed by atoms with Crippen molar-refractivity contribution < 1.29 is 19.5 Å². The fourth-order valence-corrected chi connectivity index (χ4v) is 1.98. The second kappa shape index (κ2) is 7.60. The predicted molar refractivity (Wildman–Crippen MR) is 68.7 cm³/mol. The maximum absolute atomic E-state index is 11.8. The zero-order valence-electron chi connectivity index (χ0n) is 11.2. The van der Waals surface area contributed by atoms with Crippen LogP contribution in [0.2, 0.25) is 0 Å². The van der Waals surface area contributed by atoms with Crippen molar-refractivity contribution in [1.29, 1.82) is 0 Å². The molecule has 2 N–H and O–H groups in total. The molecule has 0 radical (unpaired) electrons. The van der Waals surface area contributed by atoms with Gasteiger partial charge in [0, 0.05) is 26.2 Å². The molecule has 0 spiro atoms. The van der Waals surface area contributed by atoms with E-state index < -0.39 is 12.0 Å². The molecule has 1 aliphatic heterocycles. The first-order chi connectivity index (χ1) is 9.04. The number of nitrogens with zero attached hydrogens (tertiary/aromatic N) is 2. The zero-order chi connectivity index (χ0) is 14.3. The Morgan fingerprint density at radius 3 is 2.42 bits per heavy atom. The maximum atomic E-state index is 11.8. The zero-order valence-corrected chi connectivity index (χ0v) is 11.2. The van der Waals surface area contributed by atoms with Gasteiger partial charge in [-0.25, -0.2) is 4.79 Å². The molecule has 1 saturated heterocycles. The molecule has 0 unspecified atom stereocenters. The van der Waals surface area contributed by atoms with E-state index >= 15 is 0 Å². The van der Waals surface area contributed by atoms with Crippen LogP contribution in [0.4, 0.5) is 4.79 Å². The smallest absolute Gasteiger partial charge is 0.317 e. The number of hydrogen-bond acceptors (Lipinski definition) is 3. The molecule has 0 bridgehead atoms. The lowest BCUT2D eigenvalue weighted by atomic mass is 10.4. The molecule has 0 atom stereocenters. The largest absolute Gasteiger partial charge is 0.481 e. The maximum Gasteiger partial charge on any atom is 0.317 e. The highest BCUT2D eigenvalue weighted by Gasteiger charge is 2.19. The Labute approximate surface area is 112 Å². The lowest BCUT2D eigenvalue weighted by Gasteiger charge is -2.21. The van der Waals surface area contributed by atoms with Crippen molar-refractivity contribution in [2.75, 3.05) is 32.7 Å². The number of hydrogen-bond donors (Lipinski definition) is 2. The number of carboxylic acids is 1. The average Bonchev–Trinajstić information content (AvgIpc) is 2.90. The van der Waals surface area contributed by atoms with Gasteiger partial charge in [-0.05, 0) is 19.8 Å². The number of carboxylic acid groups (broad SMARTS) is 1. The fourth-order valence-electron chi connectivity index (χ4n) is 1.98. The third-order valence-electron chi connectivity index (χ3n) is 3.11. The second-order valence-electron chi connectivity index (χ2n) is 4.47. The number of rotatable bonds is 6. The van der Waals surface area contributed by atoms with Crippen molar-refractivity contribution in [2.24, 2.45) is 0 Å². The summed E-state index contributed by atoms with van der Waals surface area (Å²) >= 11 is 0. The quantitative estimate of drug-likeness (QED) is 0.717. The van der Waals surface area contributed by atoms with Gasteiger partial charge in [-0.15, -0.1) is 0 Å². The van der Waals surface area contributed by atoms with Gasteiger partial charge >= 0.3 is 12.0 Å². The standard InChI is InChI=1S/C12H21N3O4/c1-2-14(8-5-11(17)18)12(19)13-9-10(16)15-6-3-4-7-15/h2-9H2,1H3,(H,13,19)(H,17,18). The minimum absolute atomic E-state index is 0.0254. The molecule has 3 amide bonds. The highest BCUT2D eigenvalue weighted by molar-refractivity contribution is 5.84. The van der Waals surface area contributed by atoms with Gasteiger partial charge in [0.15, 0.2) is 0 Å². The molecular formula is C12H21N3O4. The van der Waals surface area contributed by atoms with Gasteiger partial charge in [0.25, 0.3) is 0 Å². The van der Waals surface area contributed by atoms with E-state index in [0.29, 0.717) is 6.54 Å². The van der Waals surface area contributed by atoms with E-state index in [-0.39, 0.29) is 25.4 Å². The lowest BCUT2D eigenvalue weighted by Crippen LogP contribution is -2.45. The van der Waals surface area contributed by atoms with E-state index in [4.69, 9.17) is 5.11 Å². The number of carbonyl (C=O) groups is 3. The molecule has 0 aromatic carbocycles. The number of urea groups is 1. The summed E-state index contributed by atoms with van der Waals surface area (Å²) in [4.78, 5) is 37.1. The monoisotopic (exact) mass is 271 g/mol. The van der Waals surface area contributed by atoms with Crippen molar-refractivity contribution in [2.45, 2.75) is 26.2 Å². The van der Waals surface area contributed by atoms with E-state index in [2.05, 4.69) is 5.32 Å². The molecule has 1 rings (SSSR count). The molecule has 1 aliphatic rings. The Morgan fingerprint density at radius 2 is 1.89 bits per heavy atom. The van der Waals surface area contributed by atoms with Gasteiger partial charge in [-0.3, -0.25) is 9.59 Å². The number of amides is 3. The van der Waals surface area contributed by atoms with E-state index in [1.807, 2.05) is 0 Å². The number of likely N-dealkylation sites (tertiary alicyclic amines) is 1. The molecule has 0 saturated carbocycles. The summed E-state index contributed by atoms with van der Waals surface area (Å²) in [6.45, 7) is 3.81. The number of nitrogens with one attached hydrogen (secondary N) is 1. The topological polar surface area (TPSA) is 90.0 Å². The Hall–Kier alpha value is -1.79. The van der Waals surface area contributed by atoms with Gasteiger partial charge in [0.05, 0.1) is 13.0 Å². The summed E-state index contributed by atoms with van der Waals surface area (Å²) in [5.74, 6) is -1.03. The number of carbonyl (C=O) groups excluding carboxylic acids is 2. The molecule has 0 aromatic heterocycles. The van der Waals surface area contributed by atoms with Crippen molar-refractivity contribution >= 4 is 17.9 Å². The molecular weight excluding hydrogens is 250 g/mol. The van der Waals surface area contributed by atoms with Gasteiger partial charge in [0.2, 0.25) is 5.91 Å². The highest BCUT2D eigenvalue weighted by Crippen LogP contribution is 2.06. The first-order valence-corrected chi connectivity index (χ1v) is 6.57. The lowest BCUT2D eigenvalue weighted by molar-refractivity contribution is -0.137. The minimum Gasteiger partial charge on any atom is -0.481 e. The fraction of sp³-hybridized carbons (Fsp3) is 0.750. The van der Waals surface area contributed by atoms with Crippen LogP contribution < -0.4 is 5.32 Å². The third kappa shape index (κ3) is 5.15. The van der Waals surface area contributed by atoms with Crippen LogP contribution in [0.3, 0.4) is 0 Å². The van der Waals surface area contributed by atoms with Crippen LogP contribution in [-0.4, -0.2) is 65.5 Å². The van der Waals surface area contributed by atoms with E-state index in [1.54, 1.807) is 11.8 Å². The van der Waals surface area contributed by atoms with Crippen molar-refractivity contribution in [3.05, 3.63) is 0 Å². The highest BCUT2D eigenvalue weighted by atomic mass is 16.4. The first kappa shape index (κ1) is 15.3. The molecule has 0 aromatic rings. The molecule has 19 heavy (non-hydrogen) atoms. The summed E-state index contributed by atoms with van der Waals surface area (Å²) in [5.41, 5.74) is 0. The van der Waals surface area contributed by atoms with E-state index in [9.17, 15) is 14.4 Å². The van der Waals surface area contributed by atoms with Crippen molar-refractivity contribution in [3.8, 4) is 0 Å². The van der Waals surface area contributed by atoms with E-state index in [0.717, 1.165) is 25.9 Å². The first-order valence-electron chi connectivity index (χ1n) is 6.57. The van der Waals surface area contributed by atoms with Crippen LogP contribution in [0.15, 0.2) is 0 Å². The Balaban J connectivity index is 2.31. The van der Waals surface area contributed by atoms with Crippen LogP contribution in [-0.2, 0) is 9.59 Å². The SMILES string of the molecule is CCN(CCC(=O)O)C(=O)NCC(=O)N1CCCC1. The summed E-state index contributed by atoms with van der Waals surface area (Å²) in [6.07, 6.45) is 1.93. The van der Waals surface area contributed by atoms with Crippen LogP contribution in [0, 0.1) is 0 Å². The number of aliphatic carboxylic acids is 1. The molecule has 0 aliphatic carbocycles. The molecule has 1 fully saturated rings. The minimum atomic E-state index is -0.945. The normalized spacial score (nSPS) is 14.3. The molecule has 7 heteroatoms. The van der Waals surface area contributed by atoms with Crippen molar-refractivity contribution in [1.82, 2.24) is 15.1 Å². The van der Waals surface area contributed by atoms with Gasteiger partial charge < -0.3 is 20.2 Å². The second-order valence-corrected chi connectivity index (χ2v) is 4.47. The summed E-state index contributed by atoms with van der Waals surface area (Å²) in [6, 6.07) is -0.392. The van der Waals surface area contributed by atoms with Gasteiger partial charge in [0.1, 0.15) is 0 Å². The summed E-state index contributed by atoms with van der Waals surface area (Å²) in [5, 5.41) is 11.1. The van der Waals surface area contributed by atoms with Gasteiger partial charge in [-0.2, -0.15) is 0 Å². The van der Waals surface area contributed by atoms with Crippen LogP contribution in [0.5, 0.6) is 0 Å². The van der Waals surface area contributed by atoms with Gasteiger partial charge in [-0.1, -0.05) is 0 Å². The third-order valence-corrected chi connectivity index (χ3v) is 3.11. The summed E-state index contributed by atoms with van der Waals surface area (Å²) < 4.78 is 0. The molecule has 108 valence electrons. The summed E-state index contributed by atoms with van der Waals surface area (Å²) in [7, 11) is 0. The molecule has 7 nitrogen and oxygen atoms in total. The van der Waals surface area contributed by atoms with Crippen LogP contribution in [0.25, 0.3) is 0 Å². The Kier molecular flexibility index (Phi) is 6.11. The average molecular weight is 271 g/mol. The van der Waals surface area contributed by atoms with Crippen molar-refractivity contribution in [3.63, 3.8) is 0 Å². The Bertz CT molecular complexity index is 340. The molecule has 1 heterocycles. The van der Waals surface area contributed by atoms with Crippen LogP contribution in [0.1, 0.15) is 26.2 Å².